The van der Waals surface area contributed by atoms with E-state index in [1.165, 1.54) is 4.90 Å². The molecule has 0 saturated heterocycles. The van der Waals surface area contributed by atoms with Crippen molar-refractivity contribution < 1.29 is 9.59 Å². The monoisotopic (exact) mass is 375 g/mol. The van der Waals surface area contributed by atoms with Crippen LogP contribution >= 0.6 is 23.2 Å². The zero-order valence-corrected chi connectivity index (χ0v) is 15.1. The molecule has 0 radical (unpaired) electrons. The summed E-state index contributed by atoms with van der Waals surface area (Å²) < 4.78 is 0. The highest BCUT2D eigenvalue weighted by Crippen LogP contribution is 2.31. The third-order valence-corrected chi connectivity index (χ3v) is 4.18. The summed E-state index contributed by atoms with van der Waals surface area (Å²) in [5.74, 6) is -0.274. The van der Waals surface area contributed by atoms with E-state index >= 15 is 0 Å². The summed E-state index contributed by atoms with van der Waals surface area (Å²) in [5, 5.41) is 4.47. The summed E-state index contributed by atoms with van der Waals surface area (Å²) in [6.45, 7) is 0. The van der Waals surface area contributed by atoms with Crippen molar-refractivity contribution in [2.45, 2.75) is 0 Å². The molecule has 0 aliphatic carbocycles. The fourth-order valence-electron chi connectivity index (χ4n) is 2.46. The van der Waals surface area contributed by atoms with Crippen LogP contribution in [0, 0.1) is 0 Å². The van der Waals surface area contributed by atoms with Crippen molar-refractivity contribution in [1.82, 2.24) is 9.88 Å². The van der Waals surface area contributed by atoms with Gasteiger partial charge in [0.05, 0.1) is 5.69 Å². The molecule has 1 heterocycles. The number of amides is 2. The van der Waals surface area contributed by atoms with Gasteiger partial charge < -0.3 is 15.2 Å². The fourth-order valence-corrected chi connectivity index (χ4v) is 2.83. The minimum atomic E-state index is -0.337. The maximum absolute atomic E-state index is 12.9. The highest BCUT2D eigenvalue weighted by atomic mass is 35.5. The van der Waals surface area contributed by atoms with Gasteiger partial charge in [-0.05, 0) is 30.3 Å². The Morgan fingerprint density at radius 2 is 1.76 bits per heavy atom. The second-order valence-electron chi connectivity index (χ2n) is 5.73. The van der Waals surface area contributed by atoms with Gasteiger partial charge in [0.1, 0.15) is 5.69 Å². The van der Waals surface area contributed by atoms with Crippen LogP contribution in [0.15, 0.2) is 42.5 Å². The highest BCUT2D eigenvalue weighted by molar-refractivity contribution is 6.32. The molecule has 128 valence electrons. The van der Waals surface area contributed by atoms with E-state index < -0.39 is 0 Å². The third kappa shape index (κ3) is 3.48. The smallest absolute Gasteiger partial charge is 0.321 e. The van der Waals surface area contributed by atoms with Crippen molar-refractivity contribution in [1.29, 1.82) is 0 Å². The van der Waals surface area contributed by atoms with E-state index in [1.54, 1.807) is 56.6 Å². The van der Waals surface area contributed by atoms with Crippen molar-refractivity contribution >= 4 is 51.6 Å². The molecule has 2 aromatic carbocycles. The molecule has 0 spiro atoms. The zero-order valence-electron chi connectivity index (χ0n) is 13.6. The Morgan fingerprint density at radius 1 is 1.04 bits per heavy atom. The number of urea groups is 1. The molecule has 3 aromatic rings. The number of halogens is 2. The average Bonchev–Trinajstić information content (AvgIpc) is 2.91. The molecule has 0 aliphatic heterocycles. The molecule has 0 fully saturated rings. The molecule has 0 saturated carbocycles. The van der Waals surface area contributed by atoms with E-state index in [0.717, 1.165) is 0 Å². The lowest BCUT2D eigenvalue weighted by Crippen LogP contribution is -2.28. The van der Waals surface area contributed by atoms with Crippen LogP contribution in [0.4, 0.5) is 10.5 Å². The normalized spacial score (nSPS) is 10.7. The van der Waals surface area contributed by atoms with Gasteiger partial charge in [0.2, 0.25) is 5.78 Å². The first kappa shape index (κ1) is 17.3. The van der Waals surface area contributed by atoms with Gasteiger partial charge in [-0.15, -0.1) is 0 Å². The maximum Gasteiger partial charge on any atom is 0.321 e. The SMILES string of the molecule is CN(C)C(=O)Nc1c(C(=O)c2cccc(Cl)c2)[nH]c2cc(Cl)ccc12. The first-order valence-electron chi connectivity index (χ1n) is 7.46. The van der Waals surface area contributed by atoms with Gasteiger partial charge in [-0.1, -0.05) is 35.3 Å². The van der Waals surface area contributed by atoms with Gasteiger partial charge in [-0.3, -0.25) is 4.79 Å². The van der Waals surface area contributed by atoms with E-state index in [0.29, 0.717) is 32.2 Å². The number of H-pyrrole nitrogens is 1. The minimum Gasteiger partial charge on any atom is -0.350 e. The summed E-state index contributed by atoms with van der Waals surface area (Å²) in [6.07, 6.45) is 0. The molecule has 2 amide bonds. The number of hydrogen-bond donors (Lipinski definition) is 2. The van der Waals surface area contributed by atoms with E-state index in [9.17, 15) is 9.59 Å². The number of fused-ring (bicyclic) bond motifs is 1. The van der Waals surface area contributed by atoms with Crippen LogP contribution in [0.2, 0.25) is 10.0 Å². The van der Waals surface area contributed by atoms with E-state index in [4.69, 9.17) is 23.2 Å². The lowest BCUT2D eigenvalue weighted by Gasteiger charge is -2.13. The molecule has 1 aromatic heterocycles. The molecule has 25 heavy (non-hydrogen) atoms. The molecule has 0 bridgehead atoms. The van der Waals surface area contributed by atoms with Crippen LogP contribution in [0.3, 0.4) is 0 Å². The topological polar surface area (TPSA) is 65.2 Å². The van der Waals surface area contributed by atoms with Crippen LogP contribution in [-0.2, 0) is 0 Å². The molecule has 5 nitrogen and oxygen atoms in total. The van der Waals surface area contributed by atoms with Crippen molar-refractivity contribution in [3.8, 4) is 0 Å². The fraction of sp³-hybridized carbons (Fsp3) is 0.111. The molecule has 0 aliphatic rings. The molecular formula is C18H15Cl2N3O2. The van der Waals surface area contributed by atoms with E-state index in [1.807, 2.05) is 0 Å². The third-order valence-electron chi connectivity index (χ3n) is 3.71. The summed E-state index contributed by atoms with van der Waals surface area (Å²) in [5.41, 5.74) is 1.77. The molecule has 2 N–H and O–H groups in total. The number of benzene rings is 2. The van der Waals surface area contributed by atoms with Crippen molar-refractivity contribution in [2.24, 2.45) is 0 Å². The maximum atomic E-state index is 12.9. The van der Waals surface area contributed by atoms with Crippen molar-refractivity contribution in [2.75, 3.05) is 19.4 Å². The second-order valence-corrected chi connectivity index (χ2v) is 6.60. The number of aromatic amines is 1. The van der Waals surface area contributed by atoms with Gasteiger partial charge in [0, 0.05) is 40.6 Å². The minimum absolute atomic E-state index is 0.273. The van der Waals surface area contributed by atoms with Crippen LogP contribution < -0.4 is 5.32 Å². The quantitative estimate of drug-likeness (QED) is 0.645. The Morgan fingerprint density at radius 3 is 2.44 bits per heavy atom. The number of nitrogens with zero attached hydrogens (tertiary/aromatic N) is 1. The summed E-state index contributed by atoms with van der Waals surface area (Å²) in [7, 11) is 3.25. The van der Waals surface area contributed by atoms with Crippen LogP contribution in [0.1, 0.15) is 16.1 Å². The van der Waals surface area contributed by atoms with E-state index in [-0.39, 0.29) is 17.5 Å². The predicted molar refractivity (Wildman–Crippen MR) is 101 cm³/mol. The number of hydrogen-bond acceptors (Lipinski definition) is 2. The molecule has 0 atom stereocenters. The number of carbonyl (C=O) groups excluding carboxylic acids is 2. The van der Waals surface area contributed by atoms with Crippen LogP contribution in [0.5, 0.6) is 0 Å². The number of anilines is 1. The number of ketones is 1. The number of carbonyl (C=O) groups is 2. The van der Waals surface area contributed by atoms with E-state index in [2.05, 4.69) is 10.3 Å². The zero-order chi connectivity index (χ0) is 18.1. The Bertz CT molecular complexity index is 980. The number of nitrogens with one attached hydrogen (secondary N) is 2. The van der Waals surface area contributed by atoms with Gasteiger partial charge in [-0.25, -0.2) is 4.79 Å². The molecule has 7 heteroatoms. The number of rotatable bonds is 3. The predicted octanol–water partition coefficient (Wildman–Crippen LogP) is 4.80. The first-order valence-corrected chi connectivity index (χ1v) is 8.22. The number of aromatic nitrogens is 1. The molecular weight excluding hydrogens is 361 g/mol. The molecule has 3 rings (SSSR count). The summed E-state index contributed by atoms with van der Waals surface area (Å²) in [6, 6.07) is 11.5. The summed E-state index contributed by atoms with van der Waals surface area (Å²) >= 11 is 12.0. The Kier molecular flexibility index (Phi) is 4.70. The lowest BCUT2D eigenvalue weighted by atomic mass is 10.1. The van der Waals surface area contributed by atoms with Crippen LogP contribution in [-0.4, -0.2) is 35.8 Å². The Labute approximate surface area is 154 Å². The van der Waals surface area contributed by atoms with Gasteiger partial charge in [0.25, 0.3) is 0 Å². The van der Waals surface area contributed by atoms with Gasteiger partial charge in [0.15, 0.2) is 0 Å². The Hall–Kier alpha value is -2.50. The Balaban J connectivity index is 2.15. The summed E-state index contributed by atoms with van der Waals surface area (Å²) in [4.78, 5) is 29.5. The largest absolute Gasteiger partial charge is 0.350 e. The van der Waals surface area contributed by atoms with Gasteiger partial charge in [-0.2, -0.15) is 0 Å². The first-order chi connectivity index (χ1) is 11.9. The van der Waals surface area contributed by atoms with Crippen molar-refractivity contribution in [3.05, 3.63) is 63.8 Å². The van der Waals surface area contributed by atoms with Gasteiger partial charge >= 0.3 is 6.03 Å². The average molecular weight is 376 g/mol. The standard InChI is InChI=1S/C18H15Cl2N3O2/c1-23(2)18(25)22-15-13-7-6-12(20)9-14(13)21-16(15)17(24)10-4-3-5-11(19)8-10/h3-9,21H,1-2H3,(H,22,25). The lowest BCUT2D eigenvalue weighted by molar-refractivity contribution is 0.103. The molecule has 0 unspecified atom stereocenters. The van der Waals surface area contributed by atoms with Crippen molar-refractivity contribution in [3.63, 3.8) is 0 Å². The van der Waals surface area contributed by atoms with Crippen LogP contribution in [0.25, 0.3) is 10.9 Å². The second kappa shape index (κ2) is 6.78. The highest BCUT2D eigenvalue weighted by Gasteiger charge is 2.21.